The number of anilines is 1. The number of aromatic nitrogens is 1. The highest BCUT2D eigenvalue weighted by atomic mass is 15.2. The second-order valence-electron chi connectivity index (χ2n) is 6.86. The molecule has 0 amide bonds. The van der Waals surface area contributed by atoms with E-state index in [1.807, 2.05) is 13.1 Å². The van der Waals surface area contributed by atoms with E-state index < -0.39 is 0 Å². The molecular weight excluding hydrogens is 244 g/mol. The van der Waals surface area contributed by atoms with Gasteiger partial charge in [0, 0.05) is 30.4 Å². The van der Waals surface area contributed by atoms with Crippen molar-refractivity contribution in [3.63, 3.8) is 0 Å². The van der Waals surface area contributed by atoms with Crippen molar-refractivity contribution in [3.8, 4) is 0 Å². The molecule has 104 valence electrons. The number of hydrogen-bond donors (Lipinski definition) is 0. The van der Waals surface area contributed by atoms with Crippen molar-refractivity contribution in [2.45, 2.75) is 27.7 Å². The molecule has 0 spiro atoms. The van der Waals surface area contributed by atoms with Gasteiger partial charge in [-0.15, -0.1) is 0 Å². The molecule has 0 unspecified atom stereocenters. The topological polar surface area (TPSA) is 16.1 Å². The van der Waals surface area contributed by atoms with Gasteiger partial charge in [-0.25, -0.2) is 0 Å². The quantitative estimate of drug-likeness (QED) is 0.799. The molecule has 2 aromatic rings. The van der Waals surface area contributed by atoms with Gasteiger partial charge >= 0.3 is 0 Å². The van der Waals surface area contributed by atoms with Crippen LogP contribution in [0.5, 0.6) is 0 Å². The molecule has 0 saturated carbocycles. The van der Waals surface area contributed by atoms with Crippen LogP contribution in [0.15, 0.2) is 31.0 Å². The van der Waals surface area contributed by atoms with E-state index in [-0.39, 0.29) is 0 Å². The Morgan fingerprint density at radius 1 is 1.25 bits per heavy atom. The van der Waals surface area contributed by atoms with Crippen LogP contribution < -0.4 is 4.90 Å². The Balaban J connectivity index is 2.02. The Morgan fingerprint density at radius 2 is 1.95 bits per heavy atom. The molecule has 1 aromatic carbocycles. The smallest absolute Gasteiger partial charge is 0.0723 e. The number of aryl methyl sites for hydroxylation is 1. The summed E-state index contributed by atoms with van der Waals surface area (Å²) in [6, 6.07) is 6.65. The summed E-state index contributed by atoms with van der Waals surface area (Å²) < 4.78 is 0. The van der Waals surface area contributed by atoms with E-state index in [0.29, 0.717) is 5.41 Å². The van der Waals surface area contributed by atoms with E-state index in [1.165, 1.54) is 16.6 Å². The molecule has 20 heavy (non-hydrogen) atoms. The summed E-state index contributed by atoms with van der Waals surface area (Å²) in [5, 5.41) is 1.20. The number of nitrogens with zero attached hydrogens (tertiary/aromatic N) is 2. The third-order valence-electron chi connectivity index (χ3n) is 4.07. The van der Waals surface area contributed by atoms with Crippen LogP contribution in [0.4, 0.5) is 5.69 Å². The molecule has 1 saturated heterocycles. The first-order valence-corrected chi connectivity index (χ1v) is 7.17. The molecule has 2 nitrogen and oxygen atoms in total. The minimum Gasteiger partial charge on any atom is -0.370 e. The number of allylic oxidation sites excluding steroid dienone is 1. The Labute approximate surface area is 121 Å². The first-order valence-electron chi connectivity index (χ1n) is 7.17. The molecule has 0 bridgehead atoms. The number of fused-ring (bicyclic) bond motifs is 1. The standard InChI is InChI=1S/C18H22N2/c1-12(2)15-7-14-6-13(3)17(8-16(14)19-9-15)20-10-18(4,5)11-20/h6-9H,1,10-11H2,2-5H3. The van der Waals surface area contributed by atoms with Crippen LogP contribution in [0, 0.1) is 12.3 Å². The van der Waals surface area contributed by atoms with Gasteiger partial charge < -0.3 is 4.90 Å². The zero-order valence-electron chi connectivity index (χ0n) is 12.8. The summed E-state index contributed by atoms with van der Waals surface area (Å²) in [6.45, 7) is 15.1. The molecule has 0 radical (unpaired) electrons. The average molecular weight is 266 g/mol. The molecule has 1 aliphatic rings. The SMILES string of the molecule is C=C(C)c1cnc2cc(N3CC(C)(C)C3)c(C)cc2c1. The Hall–Kier alpha value is -1.83. The maximum Gasteiger partial charge on any atom is 0.0723 e. The first-order chi connectivity index (χ1) is 9.35. The maximum absolute atomic E-state index is 4.59. The molecule has 1 aromatic heterocycles. The summed E-state index contributed by atoms with van der Waals surface area (Å²) in [7, 11) is 0. The fourth-order valence-corrected chi connectivity index (χ4v) is 3.01. The van der Waals surface area contributed by atoms with E-state index in [1.54, 1.807) is 0 Å². The highest BCUT2D eigenvalue weighted by molar-refractivity contribution is 5.86. The van der Waals surface area contributed by atoms with Gasteiger partial charge in [0.1, 0.15) is 0 Å². The fourth-order valence-electron chi connectivity index (χ4n) is 3.01. The van der Waals surface area contributed by atoms with Crippen LogP contribution in [0.2, 0.25) is 0 Å². The number of rotatable bonds is 2. The number of pyridine rings is 1. The summed E-state index contributed by atoms with van der Waals surface area (Å²) in [4.78, 5) is 7.04. The van der Waals surface area contributed by atoms with E-state index in [2.05, 4.69) is 55.4 Å². The summed E-state index contributed by atoms with van der Waals surface area (Å²) >= 11 is 0. The Morgan fingerprint density at radius 3 is 2.55 bits per heavy atom. The molecular formula is C18H22N2. The highest BCUT2D eigenvalue weighted by Crippen LogP contribution is 2.36. The molecule has 0 N–H and O–H groups in total. The van der Waals surface area contributed by atoms with Gasteiger partial charge in [0.05, 0.1) is 5.52 Å². The van der Waals surface area contributed by atoms with Crippen molar-refractivity contribution >= 4 is 22.2 Å². The zero-order chi connectivity index (χ0) is 14.5. The molecule has 1 aliphatic heterocycles. The van der Waals surface area contributed by atoms with Crippen LogP contribution >= 0.6 is 0 Å². The molecule has 1 fully saturated rings. The minimum absolute atomic E-state index is 0.443. The van der Waals surface area contributed by atoms with Crippen molar-refractivity contribution in [1.82, 2.24) is 4.98 Å². The van der Waals surface area contributed by atoms with E-state index >= 15 is 0 Å². The third kappa shape index (κ3) is 2.20. The summed E-state index contributed by atoms with van der Waals surface area (Å²) in [5.41, 5.74) is 6.35. The lowest BCUT2D eigenvalue weighted by atomic mass is 9.83. The third-order valence-corrected chi connectivity index (χ3v) is 4.07. The van der Waals surface area contributed by atoms with Gasteiger partial charge in [0.25, 0.3) is 0 Å². The lowest BCUT2D eigenvalue weighted by molar-refractivity contribution is 0.276. The molecule has 0 aliphatic carbocycles. The Bertz CT molecular complexity index is 690. The fraction of sp³-hybridized carbons (Fsp3) is 0.389. The Kier molecular flexibility index (Phi) is 2.86. The van der Waals surface area contributed by atoms with Crippen LogP contribution in [0.3, 0.4) is 0 Å². The van der Waals surface area contributed by atoms with Gasteiger partial charge in [-0.1, -0.05) is 20.4 Å². The molecule has 2 heteroatoms. The van der Waals surface area contributed by atoms with Crippen LogP contribution in [-0.2, 0) is 0 Å². The van der Waals surface area contributed by atoms with Crippen LogP contribution in [0.25, 0.3) is 16.5 Å². The molecule has 3 rings (SSSR count). The van der Waals surface area contributed by atoms with Gasteiger partial charge in [-0.2, -0.15) is 0 Å². The number of hydrogen-bond acceptors (Lipinski definition) is 2. The summed E-state index contributed by atoms with van der Waals surface area (Å²) in [6.07, 6.45) is 1.92. The molecule has 2 heterocycles. The van der Waals surface area contributed by atoms with Gasteiger partial charge in [0.15, 0.2) is 0 Å². The second kappa shape index (κ2) is 4.34. The second-order valence-corrected chi connectivity index (χ2v) is 6.86. The van der Waals surface area contributed by atoms with Crippen LogP contribution in [-0.4, -0.2) is 18.1 Å². The number of benzene rings is 1. The van der Waals surface area contributed by atoms with Gasteiger partial charge in [-0.05, 0) is 54.2 Å². The van der Waals surface area contributed by atoms with Crippen molar-refractivity contribution < 1.29 is 0 Å². The van der Waals surface area contributed by atoms with Gasteiger partial charge in [-0.3, -0.25) is 4.98 Å². The maximum atomic E-state index is 4.59. The summed E-state index contributed by atoms with van der Waals surface area (Å²) in [5.74, 6) is 0. The van der Waals surface area contributed by atoms with E-state index in [0.717, 1.165) is 29.7 Å². The zero-order valence-corrected chi connectivity index (χ0v) is 12.8. The minimum atomic E-state index is 0.443. The van der Waals surface area contributed by atoms with Crippen molar-refractivity contribution in [1.29, 1.82) is 0 Å². The molecule has 0 atom stereocenters. The largest absolute Gasteiger partial charge is 0.370 e. The monoisotopic (exact) mass is 266 g/mol. The van der Waals surface area contributed by atoms with Crippen molar-refractivity contribution in [2.75, 3.05) is 18.0 Å². The van der Waals surface area contributed by atoms with E-state index in [4.69, 9.17) is 0 Å². The van der Waals surface area contributed by atoms with Crippen molar-refractivity contribution in [2.24, 2.45) is 5.41 Å². The van der Waals surface area contributed by atoms with Crippen LogP contribution in [0.1, 0.15) is 31.9 Å². The van der Waals surface area contributed by atoms with Crippen molar-refractivity contribution in [3.05, 3.63) is 42.1 Å². The predicted octanol–water partition coefficient (Wildman–Crippen LogP) is 4.42. The highest BCUT2D eigenvalue weighted by Gasteiger charge is 2.34. The normalized spacial score (nSPS) is 17.1. The van der Waals surface area contributed by atoms with Gasteiger partial charge in [0.2, 0.25) is 0 Å². The lowest BCUT2D eigenvalue weighted by Crippen LogP contribution is -2.53. The average Bonchev–Trinajstić information content (AvgIpc) is 2.34. The lowest BCUT2D eigenvalue weighted by Gasteiger charge is -2.48. The van der Waals surface area contributed by atoms with E-state index in [9.17, 15) is 0 Å². The predicted molar refractivity (Wildman–Crippen MR) is 87.2 cm³/mol. The first kappa shape index (κ1) is 13.2.